The topological polar surface area (TPSA) is 88.6 Å². The molecule has 35 heavy (non-hydrogen) atoms. The van der Waals surface area contributed by atoms with Gasteiger partial charge in [0.1, 0.15) is 0 Å². The Morgan fingerprint density at radius 3 is 2.34 bits per heavy atom. The Hall–Kier alpha value is -2.92. The molecule has 2 saturated heterocycles. The number of carbonyl (C=O) groups excluding carboxylic acids is 1. The molecule has 2 aromatic carbocycles. The van der Waals surface area contributed by atoms with Crippen molar-refractivity contribution >= 4 is 22.0 Å². The third-order valence-electron chi connectivity index (χ3n) is 6.43. The van der Waals surface area contributed by atoms with Crippen LogP contribution in [0.25, 0.3) is 6.08 Å². The minimum atomic E-state index is -3.52. The van der Waals surface area contributed by atoms with Gasteiger partial charge >= 0.3 is 0 Å². The molecule has 3 aliphatic heterocycles. The van der Waals surface area contributed by atoms with Gasteiger partial charge in [-0.15, -0.1) is 0 Å². The standard InChI is InChI=1S/C25H29N3O6S/c29-25(8-4-20-1-5-22(6-2-20)35(30,31)28-13-15-32-16-14-28)27-11-9-26(10-12-27)18-21-3-7-23-24(17-21)34-19-33-23/h1-8,17H,9-16,18-19H2/b8-4+. The molecule has 0 spiro atoms. The van der Waals surface area contributed by atoms with Crippen LogP contribution in [-0.2, 0) is 26.1 Å². The van der Waals surface area contributed by atoms with Crippen LogP contribution in [0.1, 0.15) is 11.1 Å². The predicted molar refractivity (Wildman–Crippen MR) is 129 cm³/mol. The van der Waals surface area contributed by atoms with E-state index < -0.39 is 10.0 Å². The maximum atomic E-state index is 12.7. The number of amides is 1. The number of fused-ring (bicyclic) bond motifs is 1. The van der Waals surface area contributed by atoms with Crippen LogP contribution < -0.4 is 9.47 Å². The number of hydrogen-bond acceptors (Lipinski definition) is 7. The van der Waals surface area contributed by atoms with Crippen molar-refractivity contribution in [2.45, 2.75) is 11.4 Å². The van der Waals surface area contributed by atoms with Gasteiger partial charge in [-0.1, -0.05) is 18.2 Å². The first kappa shape index (κ1) is 23.8. The smallest absolute Gasteiger partial charge is 0.246 e. The summed E-state index contributed by atoms with van der Waals surface area (Å²) in [5.41, 5.74) is 1.94. The maximum absolute atomic E-state index is 12.7. The molecule has 3 heterocycles. The highest BCUT2D eigenvalue weighted by molar-refractivity contribution is 7.89. The predicted octanol–water partition coefficient (Wildman–Crippen LogP) is 1.79. The zero-order valence-corrected chi connectivity index (χ0v) is 20.3. The lowest BCUT2D eigenvalue weighted by atomic mass is 10.1. The zero-order chi connectivity index (χ0) is 24.3. The highest BCUT2D eigenvalue weighted by Gasteiger charge is 2.26. The van der Waals surface area contributed by atoms with Gasteiger partial charge in [-0.2, -0.15) is 4.31 Å². The van der Waals surface area contributed by atoms with Crippen molar-refractivity contribution in [2.24, 2.45) is 0 Å². The van der Waals surface area contributed by atoms with Crippen LogP contribution in [0.4, 0.5) is 0 Å². The number of carbonyl (C=O) groups is 1. The number of sulfonamides is 1. The molecule has 0 bridgehead atoms. The quantitative estimate of drug-likeness (QED) is 0.560. The fourth-order valence-electron chi connectivity index (χ4n) is 4.38. The summed E-state index contributed by atoms with van der Waals surface area (Å²) in [7, 11) is -3.52. The van der Waals surface area contributed by atoms with Crippen LogP contribution in [-0.4, -0.2) is 87.7 Å². The molecule has 1 amide bonds. The fraction of sp³-hybridized carbons (Fsp3) is 0.400. The van der Waals surface area contributed by atoms with E-state index >= 15 is 0 Å². The van der Waals surface area contributed by atoms with E-state index in [0.29, 0.717) is 39.4 Å². The van der Waals surface area contributed by atoms with Gasteiger partial charge in [-0.25, -0.2) is 8.42 Å². The van der Waals surface area contributed by atoms with Crippen LogP contribution in [0.3, 0.4) is 0 Å². The van der Waals surface area contributed by atoms with Gasteiger partial charge in [0.2, 0.25) is 22.7 Å². The summed E-state index contributed by atoms with van der Waals surface area (Å²) in [5, 5.41) is 0. The second kappa shape index (κ2) is 10.4. The fourth-order valence-corrected chi connectivity index (χ4v) is 5.79. The third-order valence-corrected chi connectivity index (χ3v) is 8.35. The molecule has 2 aromatic rings. The molecule has 3 aliphatic rings. The second-order valence-electron chi connectivity index (χ2n) is 8.71. The number of rotatable bonds is 6. The Bertz CT molecular complexity index is 1180. The molecule has 0 saturated carbocycles. The normalized spacial score (nSPS) is 19.4. The maximum Gasteiger partial charge on any atom is 0.246 e. The Morgan fingerprint density at radius 2 is 1.60 bits per heavy atom. The molecular weight excluding hydrogens is 470 g/mol. The van der Waals surface area contributed by atoms with Gasteiger partial charge in [-0.3, -0.25) is 9.69 Å². The SMILES string of the molecule is O=C(/C=C/c1ccc(S(=O)(=O)N2CCOCC2)cc1)N1CCN(Cc2ccc3c(c2)OCO3)CC1. The van der Waals surface area contributed by atoms with Crippen molar-refractivity contribution in [3.63, 3.8) is 0 Å². The second-order valence-corrected chi connectivity index (χ2v) is 10.6. The van der Waals surface area contributed by atoms with Crippen molar-refractivity contribution in [3.05, 3.63) is 59.7 Å². The van der Waals surface area contributed by atoms with Crippen molar-refractivity contribution in [1.29, 1.82) is 0 Å². The van der Waals surface area contributed by atoms with E-state index in [4.69, 9.17) is 14.2 Å². The lowest BCUT2D eigenvalue weighted by Crippen LogP contribution is -2.47. The largest absolute Gasteiger partial charge is 0.454 e. The number of benzene rings is 2. The first-order valence-electron chi connectivity index (χ1n) is 11.7. The van der Waals surface area contributed by atoms with E-state index in [2.05, 4.69) is 4.90 Å². The summed E-state index contributed by atoms with van der Waals surface area (Å²) in [6, 6.07) is 12.6. The van der Waals surface area contributed by atoms with Crippen LogP contribution >= 0.6 is 0 Å². The molecule has 0 N–H and O–H groups in total. The van der Waals surface area contributed by atoms with Crippen LogP contribution in [0.5, 0.6) is 11.5 Å². The number of morpholine rings is 1. The van der Waals surface area contributed by atoms with E-state index in [-0.39, 0.29) is 17.6 Å². The summed E-state index contributed by atoms with van der Waals surface area (Å²) in [5.74, 6) is 1.52. The highest BCUT2D eigenvalue weighted by Crippen LogP contribution is 2.32. The van der Waals surface area contributed by atoms with Crippen molar-refractivity contribution in [3.8, 4) is 11.5 Å². The minimum Gasteiger partial charge on any atom is -0.454 e. The van der Waals surface area contributed by atoms with Gasteiger partial charge < -0.3 is 19.1 Å². The van der Waals surface area contributed by atoms with Gasteiger partial charge in [0.05, 0.1) is 18.1 Å². The average molecular weight is 500 g/mol. The molecule has 0 aliphatic carbocycles. The first-order valence-corrected chi connectivity index (χ1v) is 13.2. The summed E-state index contributed by atoms with van der Waals surface area (Å²) < 4.78 is 43.0. The summed E-state index contributed by atoms with van der Waals surface area (Å²) >= 11 is 0. The van der Waals surface area contributed by atoms with Crippen LogP contribution in [0.15, 0.2) is 53.4 Å². The average Bonchev–Trinajstić information content (AvgIpc) is 3.36. The Labute approximate surface area is 205 Å². The Balaban J connectivity index is 1.12. The molecule has 186 valence electrons. The van der Waals surface area contributed by atoms with E-state index in [9.17, 15) is 13.2 Å². The Morgan fingerprint density at radius 1 is 0.886 bits per heavy atom. The summed E-state index contributed by atoms with van der Waals surface area (Å²) in [4.78, 5) is 17.1. The van der Waals surface area contributed by atoms with Gasteiger partial charge in [0.25, 0.3) is 0 Å². The molecule has 0 aromatic heterocycles. The zero-order valence-electron chi connectivity index (χ0n) is 19.5. The lowest BCUT2D eigenvalue weighted by Gasteiger charge is -2.34. The minimum absolute atomic E-state index is 0.0438. The van der Waals surface area contributed by atoms with Crippen LogP contribution in [0.2, 0.25) is 0 Å². The lowest BCUT2D eigenvalue weighted by molar-refractivity contribution is -0.127. The summed E-state index contributed by atoms with van der Waals surface area (Å²) in [6.45, 7) is 5.52. The molecule has 0 unspecified atom stereocenters. The number of ether oxygens (including phenoxy) is 3. The van der Waals surface area contributed by atoms with E-state index in [1.165, 1.54) is 4.31 Å². The number of hydrogen-bond donors (Lipinski definition) is 0. The third kappa shape index (κ3) is 5.51. The molecule has 2 fully saturated rings. The first-order chi connectivity index (χ1) is 17.0. The molecule has 0 atom stereocenters. The molecule has 0 radical (unpaired) electrons. The van der Waals surface area contributed by atoms with E-state index in [0.717, 1.165) is 42.3 Å². The summed E-state index contributed by atoms with van der Waals surface area (Å²) in [6.07, 6.45) is 3.28. The van der Waals surface area contributed by atoms with E-state index in [1.54, 1.807) is 36.4 Å². The van der Waals surface area contributed by atoms with Crippen molar-refractivity contribution in [1.82, 2.24) is 14.1 Å². The molecule has 9 nitrogen and oxygen atoms in total. The number of nitrogens with zero attached hydrogens (tertiary/aromatic N) is 3. The highest BCUT2D eigenvalue weighted by atomic mass is 32.2. The van der Waals surface area contributed by atoms with E-state index in [1.807, 2.05) is 23.1 Å². The molecule has 5 rings (SSSR count). The van der Waals surface area contributed by atoms with Gasteiger partial charge in [0.15, 0.2) is 11.5 Å². The van der Waals surface area contributed by atoms with Gasteiger partial charge in [-0.05, 0) is 41.5 Å². The molecular formula is C25H29N3O6S. The van der Waals surface area contributed by atoms with Crippen LogP contribution in [0, 0.1) is 0 Å². The monoisotopic (exact) mass is 499 g/mol. The number of piperazine rings is 1. The van der Waals surface area contributed by atoms with Crippen molar-refractivity contribution < 1.29 is 27.4 Å². The van der Waals surface area contributed by atoms with Crippen molar-refractivity contribution in [2.75, 3.05) is 59.3 Å². The Kier molecular flexibility index (Phi) is 7.05. The molecule has 10 heteroatoms. The van der Waals surface area contributed by atoms with Gasteiger partial charge in [0, 0.05) is 51.9 Å².